The number of aryl methyl sites for hydroxylation is 1. The molecule has 3 aliphatic rings. The molecule has 0 unspecified atom stereocenters. The van der Waals surface area contributed by atoms with E-state index in [4.69, 9.17) is 0 Å². The number of aromatic nitrogens is 2. The Labute approximate surface area is 138 Å². The number of fused-ring (bicyclic) bond motifs is 4. The maximum absolute atomic E-state index is 4.35. The van der Waals surface area contributed by atoms with Gasteiger partial charge in [-0.25, -0.2) is 4.98 Å². The molecule has 122 valence electrons. The lowest BCUT2D eigenvalue weighted by atomic mass is 9.95. The van der Waals surface area contributed by atoms with Gasteiger partial charge in [-0.15, -0.1) is 0 Å². The van der Waals surface area contributed by atoms with Crippen molar-refractivity contribution in [3.05, 3.63) is 53.6 Å². The van der Waals surface area contributed by atoms with Crippen molar-refractivity contribution >= 4 is 0 Å². The maximum atomic E-state index is 4.35. The van der Waals surface area contributed by atoms with Crippen molar-refractivity contribution in [3.8, 4) is 0 Å². The molecule has 2 atom stereocenters. The monoisotopic (exact) mass is 310 g/mol. The van der Waals surface area contributed by atoms with Gasteiger partial charge >= 0.3 is 0 Å². The summed E-state index contributed by atoms with van der Waals surface area (Å²) in [5.41, 5.74) is 2.69. The Morgan fingerprint density at radius 3 is 2.74 bits per heavy atom. The zero-order valence-electron chi connectivity index (χ0n) is 13.9. The third-order valence-corrected chi connectivity index (χ3v) is 5.28. The van der Waals surface area contributed by atoms with E-state index >= 15 is 0 Å². The van der Waals surface area contributed by atoms with Gasteiger partial charge in [0, 0.05) is 50.7 Å². The molecule has 5 rings (SSSR count). The Hall–Kier alpha value is -1.65. The van der Waals surface area contributed by atoms with E-state index in [9.17, 15) is 0 Å². The van der Waals surface area contributed by atoms with Crippen LogP contribution < -0.4 is 0 Å². The molecule has 0 radical (unpaired) electrons. The summed E-state index contributed by atoms with van der Waals surface area (Å²) in [6, 6.07) is 11.6. The molecular weight excluding hydrogens is 284 g/mol. The lowest BCUT2D eigenvalue weighted by molar-refractivity contribution is 0.121. The summed E-state index contributed by atoms with van der Waals surface area (Å²) < 4.78 is 0. The third kappa shape index (κ3) is 3.48. The Balaban J connectivity index is 1.44. The number of nitrogens with one attached hydrogen (secondary N) is 1. The molecule has 0 aliphatic carbocycles. The fraction of sp³-hybridized carbons (Fsp3) is 0.526. The predicted molar refractivity (Wildman–Crippen MR) is 92.0 cm³/mol. The normalized spacial score (nSPS) is 25.6. The molecule has 4 heteroatoms. The van der Waals surface area contributed by atoms with E-state index < -0.39 is 0 Å². The highest BCUT2D eigenvalue weighted by molar-refractivity contribution is 5.14. The largest absolute Gasteiger partial charge is 0.345 e. The van der Waals surface area contributed by atoms with Crippen LogP contribution in [0.4, 0.5) is 0 Å². The van der Waals surface area contributed by atoms with E-state index in [-0.39, 0.29) is 0 Å². The average molecular weight is 310 g/mol. The summed E-state index contributed by atoms with van der Waals surface area (Å²) in [6.45, 7) is 7.79. The van der Waals surface area contributed by atoms with Crippen molar-refractivity contribution < 1.29 is 0 Å². The van der Waals surface area contributed by atoms with Crippen molar-refractivity contribution in [1.29, 1.82) is 0 Å². The minimum atomic E-state index is 0.682. The highest BCUT2D eigenvalue weighted by Gasteiger charge is 2.34. The van der Waals surface area contributed by atoms with Crippen molar-refractivity contribution in [2.24, 2.45) is 5.92 Å². The number of H-pyrrole nitrogens is 1. The zero-order valence-corrected chi connectivity index (χ0v) is 13.9. The summed E-state index contributed by atoms with van der Waals surface area (Å²) in [5.74, 6) is 1.83. The van der Waals surface area contributed by atoms with Crippen LogP contribution in [0.25, 0.3) is 0 Å². The molecule has 0 amide bonds. The molecule has 3 saturated heterocycles. The quantitative estimate of drug-likeness (QED) is 0.943. The molecule has 1 aromatic carbocycles. The second-order valence-electron chi connectivity index (χ2n) is 7.20. The lowest BCUT2D eigenvalue weighted by Crippen LogP contribution is -2.43. The Kier molecular flexibility index (Phi) is 4.19. The van der Waals surface area contributed by atoms with Crippen LogP contribution in [-0.2, 0) is 13.1 Å². The fourth-order valence-corrected chi connectivity index (χ4v) is 4.21. The van der Waals surface area contributed by atoms with Crippen LogP contribution in [-0.4, -0.2) is 45.4 Å². The van der Waals surface area contributed by atoms with E-state index in [1.54, 1.807) is 0 Å². The van der Waals surface area contributed by atoms with E-state index in [0.29, 0.717) is 6.04 Å². The number of aromatic amines is 1. The molecule has 1 N–H and O–H groups in total. The first-order valence-electron chi connectivity index (χ1n) is 8.77. The average Bonchev–Trinajstić information content (AvgIpc) is 2.77. The van der Waals surface area contributed by atoms with Crippen LogP contribution in [0.2, 0.25) is 0 Å². The van der Waals surface area contributed by atoms with Gasteiger partial charge < -0.3 is 4.98 Å². The standard InChI is InChI=1S/C19H26N4/c1-15-20-9-18(21-15)13-23-12-17-7-8-19(23)14-22(11-17)10-16-5-3-2-4-6-16/h2-6,9,17,19H,7-8,10-14H2,1H3,(H,20,21)/t17-,19+/m1/s1. The lowest BCUT2D eigenvalue weighted by Gasteiger charge is -2.35. The third-order valence-electron chi connectivity index (χ3n) is 5.28. The molecule has 2 bridgehead atoms. The first-order valence-corrected chi connectivity index (χ1v) is 8.77. The van der Waals surface area contributed by atoms with Crippen LogP contribution in [0.15, 0.2) is 36.5 Å². The summed E-state index contributed by atoms with van der Waals surface area (Å²) >= 11 is 0. The first kappa shape index (κ1) is 14.9. The molecule has 0 saturated carbocycles. The molecule has 3 fully saturated rings. The fourth-order valence-electron chi connectivity index (χ4n) is 4.21. The first-order chi connectivity index (χ1) is 11.3. The number of hydrogen-bond donors (Lipinski definition) is 1. The highest BCUT2D eigenvalue weighted by Crippen LogP contribution is 2.29. The summed E-state index contributed by atoms with van der Waals surface area (Å²) in [7, 11) is 0. The molecule has 3 aliphatic heterocycles. The number of hydrogen-bond acceptors (Lipinski definition) is 3. The molecule has 1 aromatic heterocycles. The van der Waals surface area contributed by atoms with Crippen molar-refractivity contribution in [1.82, 2.24) is 19.8 Å². The van der Waals surface area contributed by atoms with Crippen LogP contribution in [0, 0.1) is 12.8 Å². The van der Waals surface area contributed by atoms with Gasteiger partial charge in [0.2, 0.25) is 0 Å². The van der Waals surface area contributed by atoms with E-state index in [0.717, 1.165) is 24.8 Å². The minimum absolute atomic E-state index is 0.682. The molecular formula is C19H26N4. The van der Waals surface area contributed by atoms with E-state index in [1.165, 1.54) is 43.7 Å². The molecule has 2 aromatic rings. The van der Waals surface area contributed by atoms with Gasteiger partial charge in [-0.2, -0.15) is 0 Å². The summed E-state index contributed by atoms with van der Waals surface area (Å²) in [6.07, 6.45) is 4.72. The number of imidazole rings is 1. The van der Waals surface area contributed by atoms with Crippen LogP contribution in [0.3, 0.4) is 0 Å². The van der Waals surface area contributed by atoms with Crippen molar-refractivity contribution in [2.45, 2.75) is 38.9 Å². The van der Waals surface area contributed by atoms with Gasteiger partial charge in [0.05, 0.1) is 0 Å². The van der Waals surface area contributed by atoms with Gasteiger partial charge in [-0.05, 0) is 31.2 Å². The number of piperidine rings is 1. The molecule has 4 heterocycles. The highest BCUT2D eigenvalue weighted by atomic mass is 15.3. The molecule has 23 heavy (non-hydrogen) atoms. The van der Waals surface area contributed by atoms with Gasteiger partial charge in [-0.1, -0.05) is 30.3 Å². The second-order valence-corrected chi connectivity index (χ2v) is 7.20. The zero-order chi connectivity index (χ0) is 15.6. The van der Waals surface area contributed by atoms with Crippen molar-refractivity contribution in [3.63, 3.8) is 0 Å². The van der Waals surface area contributed by atoms with Gasteiger partial charge in [-0.3, -0.25) is 9.80 Å². The molecule has 4 nitrogen and oxygen atoms in total. The van der Waals surface area contributed by atoms with Crippen LogP contribution >= 0.6 is 0 Å². The topological polar surface area (TPSA) is 35.2 Å². The van der Waals surface area contributed by atoms with Crippen LogP contribution in [0.5, 0.6) is 0 Å². The van der Waals surface area contributed by atoms with Gasteiger partial charge in [0.15, 0.2) is 0 Å². The SMILES string of the molecule is Cc1ncc(CN2C[C@@H]3CC[C@H]2CN(Cc2ccccc2)C3)[nH]1. The second kappa shape index (κ2) is 6.46. The predicted octanol–water partition coefficient (Wildman–Crippen LogP) is 2.81. The Morgan fingerprint density at radius 2 is 1.96 bits per heavy atom. The Morgan fingerprint density at radius 1 is 1.09 bits per heavy atom. The molecule has 0 spiro atoms. The van der Waals surface area contributed by atoms with E-state index in [1.807, 2.05) is 13.1 Å². The number of benzene rings is 1. The smallest absolute Gasteiger partial charge is 0.103 e. The minimum Gasteiger partial charge on any atom is -0.345 e. The number of rotatable bonds is 4. The Bertz CT molecular complexity index is 636. The van der Waals surface area contributed by atoms with Gasteiger partial charge in [0.25, 0.3) is 0 Å². The maximum Gasteiger partial charge on any atom is 0.103 e. The van der Waals surface area contributed by atoms with E-state index in [2.05, 4.69) is 50.1 Å². The number of nitrogens with zero attached hydrogens (tertiary/aromatic N) is 3. The summed E-state index contributed by atoms with van der Waals surface area (Å²) in [4.78, 5) is 13.1. The van der Waals surface area contributed by atoms with Crippen molar-refractivity contribution in [2.75, 3.05) is 19.6 Å². The van der Waals surface area contributed by atoms with Gasteiger partial charge in [0.1, 0.15) is 5.82 Å². The van der Waals surface area contributed by atoms with Crippen LogP contribution in [0.1, 0.15) is 29.9 Å². The summed E-state index contributed by atoms with van der Waals surface area (Å²) in [5, 5.41) is 0.